The maximum absolute atomic E-state index is 6.28. The molecule has 2 aromatic carbocycles. The Bertz CT molecular complexity index is 1090. The normalized spacial score (nSPS) is 10.7. The third-order valence-corrected chi connectivity index (χ3v) is 4.56. The maximum Gasteiger partial charge on any atom is 0.159 e. The van der Waals surface area contributed by atoms with Gasteiger partial charge in [0.2, 0.25) is 0 Å². The summed E-state index contributed by atoms with van der Waals surface area (Å²) in [6, 6.07) is 17.4. The fraction of sp³-hybridized carbons (Fsp3) is 0.0500. The van der Waals surface area contributed by atoms with Crippen LogP contribution in [0.4, 0.5) is 23.0 Å². The van der Waals surface area contributed by atoms with Gasteiger partial charge in [-0.15, -0.1) is 0 Å². The highest BCUT2D eigenvalue weighted by molar-refractivity contribution is 6.31. The number of pyridine rings is 1. The Morgan fingerprint density at radius 1 is 0.889 bits per heavy atom. The Kier molecular flexibility index (Phi) is 4.72. The van der Waals surface area contributed by atoms with Crippen molar-refractivity contribution in [2.24, 2.45) is 0 Å². The van der Waals surface area contributed by atoms with Crippen LogP contribution in [0.2, 0.25) is 5.02 Å². The first-order valence-electron chi connectivity index (χ1n) is 8.41. The van der Waals surface area contributed by atoms with Crippen LogP contribution in [0.25, 0.3) is 10.9 Å². The van der Waals surface area contributed by atoms with Gasteiger partial charge in [-0.3, -0.25) is 4.98 Å². The Labute approximate surface area is 161 Å². The predicted molar refractivity (Wildman–Crippen MR) is 110 cm³/mol. The summed E-state index contributed by atoms with van der Waals surface area (Å²) in [7, 11) is 0. The topological polar surface area (TPSA) is 88.8 Å². The second-order valence-corrected chi connectivity index (χ2v) is 6.34. The van der Waals surface area contributed by atoms with Crippen LogP contribution >= 0.6 is 11.6 Å². The molecule has 0 aliphatic carbocycles. The van der Waals surface area contributed by atoms with Crippen LogP contribution in [0, 0.1) is 0 Å². The largest absolute Gasteiger partial charge is 0.393 e. The summed E-state index contributed by atoms with van der Waals surface area (Å²) in [6.07, 6.45) is 3.24. The van der Waals surface area contributed by atoms with Crippen LogP contribution in [-0.4, -0.2) is 15.0 Å². The highest BCUT2D eigenvalue weighted by Crippen LogP contribution is 2.29. The fourth-order valence-corrected chi connectivity index (χ4v) is 3.00. The molecule has 4 N–H and O–H groups in total. The number of nitrogen functional groups attached to an aromatic ring is 1. The smallest absolute Gasteiger partial charge is 0.159 e. The highest BCUT2D eigenvalue weighted by atomic mass is 35.5. The molecule has 7 heteroatoms. The van der Waals surface area contributed by atoms with E-state index in [1.165, 1.54) is 6.33 Å². The summed E-state index contributed by atoms with van der Waals surface area (Å²) in [5.41, 5.74) is 9.45. The lowest BCUT2D eigenvalue weighted by molar-refractivity contribution is 1.09. The molecular weight excluding hydrogens is 360 g/mol. The van der Waals surface area contributed by atoms with E-state index in [1.807, 2.05) is 54.6 Å². The molecule has 0 spiro atoms. The molecule has 0 amide bonds. The molecule has 0 bridgehead atoms. The van der Waals surface area contributed by atoms with E-state index in [0.717, 1.165) is 22.2 Å². The number of aromatic nitrogens is 3. The highest BCUT2D eigenvalue weighted by Gasteiger charge is 2.10. The minimum Gasteiger partial charge on any atom is -0.393 e. The molecule has 0 unspecified atom stereocenters. The van der Waals surface area contributed by atoms with Crippen molar-refractivity contribution in [1.82, 2.24) is 15.0 Å². The van der Waals surface area contributed by atoms with Crippen molar-refractivity contribution in [1.29, 1.82) is 0 Å². The van der Waals surface area contributed by atoms with E-state index in [4.69, 9.17) is 17.3 Å². The number of fused-ring (bicyclic) bond motifs is 1. The molecule has 2 aromatic heterocycles. The molecule has 4 aromatic rings. The summed E-state index contributed by atoms with van der Waals surface area (Å²) < 4.78 is 0. The van der Waals surface area contributed by atoms with Gasteiger partial charge in [-0.2, -0.15) is 0 Å². The van der Waals surface area contributed by atoms with Gasteiger partial charge in [-0.1, -0.05) is 35.9 Å². The minimum absolute atomic E-state index is 0.436. The van der Waals surface area contributed by atoms with Crippen molar-refractivity contribution in [3.8, 4) is 0 Å². The summed E-state index contributed by atoms with van der Waals surface area (Å²) in [5, 5.41) is 8.19. The van der Waals surface area contributed by atoms with Gasteiger partial charge in [0.15, 0.2) is 11.6 Å². The van der Waals surface area contributed by atoms with Crippen LogP contribution < -0.4 is 16.4 Å². The number of hydrogen-bond acceptors (Lipinski definition) is 6. The zero-order valence-electron chi connectivity index (χ0n) is 14.4. The number of nitrogens with two attached hydrogens (primary N) is 1. The number of rotatable bonds is 5. The standard InChI is InChI=1S/C20H17ClN6/c21-15-7-2-1-5-13(15)11-24-19-18(22)20(26-12-25-19)27-17-9-3-8-16-14(17)6-4-10-23-16/h1-10,12H,11,22H2,(H2,24,25,26,27). The molecule has 0 saturated carbocycles. The van der Waals surface area contributed by atoms with Gasteiger partial charge in [0.1, 0.15) is 12.0 Å². The molecule has 2 heterocycles. The van der Waals surface area contributed by atoms with E-state index in [2.05, 4.69) is 25.6 Å². The summed E-state index contributed by atoms with van der Waals surface area (Å²) in [4.78, 5) is 12.9. The van der Waals surface area contributed by atoms with Crippen molar-refractivity contribution in [2.75, 3.05) is 16.4 Å². The van der Waals surface area contributed by atoms with Crippen molar-refractivity contribution in [3.63, 3.8) is 0 Å². The summed E-state index contributed by atoms with van der Waals surface area (Å²) in [5.74, 6) is 1.08. The van der Waals surface area contributed by atoms with E-state index >= 15 is 0 Å². The lowest BCUT2D eigenvalue weighted by Crippen LogP contribution is -2.08. The number of benzene rings is 2. The fourth-order valence-electron chi connectivity index (χ4n) is 2.80. The van der Waals surface area contributed by atoms with Gasteiger partial charge in [-0.05, 0) is 35.9 Å². The molecular formula is C20H17ClN6. The molecule has 0 aliphatic heterocycles. The molecule has 0 radical (unpaired) electrons. The van der Waals surface area contributed by atoms with Gasteiger partial charge < -0.3 is 16.4 Å². The van der Waals surface area contributed by atoms with Gasteiger partial charge in [0.05, 0.1) is 5.52 Å². The first kappa shape index (κ1) is 17.1. The Morgan fingerprint density at radius 2 is 1.74 bits per heavy atom. The van der Waals surface area contributed by atoms with Gasteiger partial charge in [0.25, 0.3) is 0 Å². The third-order valence-electron chi connectivity index (χ3n) is 4.19. The van der Waals surface area contributed by atoms with Gasteiger partial charge >= 0.3 is 0 Å². The molecule has 0 atom stereocenters. The number of nitrogens with zero attached hydrogens (tertiary/aromatic N) is 3. The lowest BCUT2D eigenvalue weighted by atomic mass is 10.2. The Hall–Kier alpha value is -3.38. The van der Waals surface area contributed by atoms with Crippen molar-refractivity contribution in [3.05, 3.63) is 77.7 Å². The van der Waals surface area contributed by atoms with Crippen LogP contribution in [-0.2, 0) is 6.54 Å². The average Bonchev–Trinajstić information content (AvgIpc) is 2.70. The van der Waals surface area contributed by atoms with E-state index in [1.54, 1.807) is 6.20 Å². The van der Waals surface area contributed by atoms with E-state index in [9.17, 15) is 0 Å². The molecule has 6 nitrogen and oxygen atoms in total. The molecule has 0 fully saturated rings. The Morgan fingerprint density at radius 3 is 2.63 bits per heavy atom. The summed E-state index contributed by atoms with van der Waals surface area (Å²) >= 11 is 6.20. The van der Waals surface area contributed by atoms with E-state index in [0.29, 0.717) is 28.9 Å². The number of halogens is 1. The van der Waals surface area contributed by atoms with Crippen molar-refractivity contribution in [2.45, 2.75) is 6.54 Å². The predicted octanol–water partition coefficient (Wildman–Crippen LogP) is 4.62. The maximum atomic E-state index is 6.28. The zero-order chi connectivity index (χ0) is 18.6. The molecule has 134 valence electrons. The molecule has 27 heavy (non-hydrogen) atoms. The lowest BCUT2D eigenvalue weighted by Gasteiger charge is -2.14. The quantitative estimate of drug-likeness (QED) is 0.471. The molecule has 0 aliphatic rings. The second-order valence-electron chi connectivity index (χ2n) is 5.93. The van der Waals surface area contributed by atoms with Crippen molar-refractivity contribution < 1.29 is 0 Å². The second kappa shape index (κ2) is 7.47. The zero-order valence-corrected chi connectivity index (χ0v) is 15.1. The van der Waals surface area contributed by atoms with E-state index < -0.39 is 0 Å². The monoisotopic (exact) mass is 376 g/mol. The number of hydrogen-bond donors (Lipinski definition) is 3. The minimum atomic E-state index is 0.436. The Balaban J connectivity index is 1.59. The molecule has 4 rings (SSSR count). The third kappa shape index (κ3) is 3.61. The van der Waals surface area contributed by atoms with Gasteiger partial charge in [-0.25, -0.2) is 9.97 Å². The summed E-state index contributed by atoms with van der Waals surface area (Å²) in [6.45, 7) is 0.512. The number of nitrogens with one attached hydrogen (secondary N) is 2. The van der Waals surface area contributed by atoms with Crippen molar-refractivity contribution >= 4 is 45.5 Å². The molecule has 0 saturated heterocycles. The first-order valence-corrected chi connectivity index (χ1v) is 8.78. The average molecular weight is 377 g/mol. The van der Waals surface area contributed by atoms with Crippen LogP contribution in [0.5, 0.6) is 0 Å². The van der Waals surface area contributed by atoms with Crippen LogP contribution in [0.15, 0.2) is 67.1 Å². The van der Waals surface area contributed by atoms with Crippen LogP contribution in [0.3, 0.4) is 0 Å². The van der Waals surface area contributed by atoms with Gasteiger partial charge in [0, 0.05) is 28.8 Å². The number of anilines is 4. The van der Waals surface area contributed by atoms with E-state index in [-0.39, 0.29) is 0 Å². The van der Waals surface area contributed by atoms with Crippen LogP contribution in [0.1, 0.15) is 5.56 Å². The first-order chi connectivity index (χ1) is 13.2. The SMILES string of the molecule is Nc1c(NCc2ccccc2Cl)ncnc1Nc1cccc2ncccc12.